The summed E-state index contributed by atoms with van der Waals surface area (Å²) < 4.78 is 19.5. The lowest BCUT2D eigenvalue weighted by Crippen LogP contribution is -2.49. The Morgan fingerprint density at radius 1 is 1.23 bits per heavy atom. The average Bonchev–Trinajstić information content (AvgIpc) is 3.12. The molecular formula is C20H26FNO3S. The van der Waals surface area contributed by atoms with Crippen LogP contribution < -0.4 is 0 Å². The molecule has 0 bridgehead atoms. The molecule has 2 atom stereocenters. The highest BCUT2D eigenvalue weighted by atomic mass is 32.2. The number of carbonyl (C=O) groups excluding carboxylic acids is 2. The molecule has 1 heterocycles. The lowest BCUT2D eigenvalue weighted by Gasteiger charge is -2.35. The molecule has 1 saturated heterocycles. The Bertz CT molecular complexity index is 648. The summed E-state index contributed by atoms with van der Waals surface area (Å²) in [5.41, 5.74) is 0.0316. The molecule has 0 N–H and O–H groups in total. The Balaban J connectivity index is 1.87. The number of carbonyl (C=O) groups is 2. The van der Waals surface area contributed by atoms with Gasteiger partial charge in [0.1, 0.15) is 11.9 Å². The number of nitrogens with zero attached hydrogens (tertiary/aromatic N) is 1. The molecule has 2 fully saturated rings. The molecule has 1 aromatic carbocycles. The van der Waals surface area contributed by atoms with Crippen molar-refractivity contribution in [3.05, 3.63) is 35.6 Å². The number of hydrogen-bond acceptors (Lipinski definition) is 4. The molecule has 1 saturated carbocycles. The zero-order valence-electron chi connectivity index (χ0n) is 15.2. The van der Waals surface area contributed by atoms with E-state index in [9.17, 15) is 14.0 Å². The summed E-state index contributed by atoms with van der Waals surface area (Å²) in [4.78, 5) is 27.3. The monoisotopic (exact) mass is 379 g/mol. The zero-order chi connectivity index (χ0) is 18.5. The zero-order valence-corrected chi connectivity index (χ0v) is 16.0. The number of esters is 1. The highest BCUT2D eigenvalue weighted by molar-refractivity contribution is 8.00. The first-order valence-corrected chi connectivity index (χ1v) is 10.5. The van der Waals surface area contributed by atoms with Gasteiger partial charge in [-0.25, -0.2) is 9.18 Å². The van der Waals surface area contributed by atoms with Crippen molar-refractivity contribution in [2.45, 2.75) is 56.9 Å². The van der Waals surface area contributed by atoms with Gasteiger partial charge in [0, 0.05) is 5.75 Å². The maximum absolute atomic E-state index is 14.2. The SMILES string of the molecule is CCCOC(=O)[C@H]1CS[C@@H](C2CCCCC2)N1C(=O)c1ccccc1F. The van der Waals surface area contributed by atoms with E-state index in [1.165, 1.54) is 18.6 Å². The Labute approximate surface area is 158 Å². The number of ether oxygens (including phenoxy) is 1. The third kappa shape index (κ3) is 4.05. The first kappa shape index (κ1) is 19.2. The molecule has 1 amide bonds. The highest BCUT2D eigenvalue weighted by Gasteiger charge is 2.46. The second-order valence-electron chi connectivity index (χ2n) is 7.00. The van der Waals surface area contributed by atoms with Gasteiger partial charge < -0.3 is 9.64 Å². The van der Waals surface area contributed by atoms with E-state index in [4.69, 9.17) is 4.74 Å². The molecule has 26 heavy (non-hydrogen) atoms. The summed E-state index contributed by atoms with van der Waals surface area (Å²) in [5, 5.41) is -0.0819. The number of halogens is 1. The van der Waals surface area contributed by atoms with Crippen LogP contribution in [0.15, 0.2) is 24.3 Å². The quantitative estimate of drug-likeness (QED) is 0.718. The van der Waals surface area contributed by atoms with Crippen LogP contribution in [0.2, 0.25) is 0 Å². The average molecular weight is 379 g/mol. The molecule has 3 rings (SSSR count). The molecule has 0 unspecified atom stereocenters. The van der Waals surface area contributed by atoms with E-state index >= 15 is 0 Å². The predicted octanol–water partition coefficient (Wildman–Crippen LogP) is 4.24. The van der Waals surface area contributed by atoms with Crippen molar-refractivity contribution >= 4 is 23.6 Å². The number of thioether (sulfide) groups is 1. The van der Waals surface area contributed by atoms with Crippen molar-refractivity contribution in [1.82, 2.24) is 4.90 Å². The highest BCUT2D eigenvalue weighted by Crippen LogP contribution is 2.41. The lowest BCUT2D eigenvalue weighted by molar-refractivity contribution is -0.148. The smallest absolute Gasteiger partial charge is 0.329 e. The molecule has 0 radical (unpaired) electrons. The Morgan fingerprint density at radius 2 is 1.96 bits per heavy atom. The van der Waals surface area contributed by atoms with Crippen LogP contribution in [0.3, 0.4) is 0 Å². The van der Waals surface area contributed by atoms with Gasteiger partial charge in [-0.15, -0.1) is 11.8 Å². The van der Waals surface area contributed by atoms with Crippen molar-refractivity contribution in [2.24, 2.45) is 5.92 Å². The van der Waals surface area contributed by atoms with Gasteiger partial charge in [0.05, 0.1) is 17.5 Å². The van der Waals surface area contributed by atoms with Crippen molar-refractivity contribution in [1.29, 1.82) is 0 Å². The number of hydrogen-bond donors (Lipinski definition) is 0. The van der Waals surface area contributed by atoms with Gasteiger partial charge in [-0.05, 0) is 37.3 Å². The van der Waals surface area contributed by atoms with Gasteiger partial charge in [0.2, 0.25) is 0 Å². The summed E-state index contributed by atoms with van der Waals surface area (Å²) >= 11 is 1.64. The topological polar surface area (TPSA) is 46.6 Å². The van der Waals surface area contributed by atoms with Crippen LogP contribution in [0.4, 0.5) is 4.39 Å². The molecule has 0 spiro atoms. The minimum Gasteiger partial charge on any atom is -0.464 e. The van der Waals surface area contributed by atoms with Crippen molar-refractivity contribution in [2.75, 3.05) is 12.4 Å². The normalized spacial score (nSPS) is 23.8. The Kier molecular flexibility index (Phi) is 6.57. The summed E-state index contributed by atoms with van der Waals surface area (Å²) in [5.74, 6) is -0.445. The molecule has 2 aliphatic rings. The van der Waals surface area contributed by atoms with E-state index in [1.807, 2.05) is 6.92 Å². The third-order valence-electron chi connectivity index (χ3n) is 5.15. The second kappa shape index (κ2) is 8.89. The van der Waals surface area contributed by atoms with Gasteiger partial charge in [-0.1, -0.05) is 38.3 Å². The van der Waals surface area contributed by atoms with Gasteiger partial charge >= 0.3 is 5.97 Å². The minimum atomic E-state index is -0.634. The van der Waals surface area contributed by atoms with Gasteiger partial charge in [0.25, 0.3) is 5.91 Å². The Hall–Kier alpha value is -1.56. The van der Waals surface area contributed by atoms with Crippen LogP contribution in [-0.2, 0) is 9.53 Å². The third-order valence-corrected chi connectivity index (χ3v) is 6.61. The minimum absolute atomic E-state index is 0.0316. The van der Waals surface area contributed by atoms with Crippen LogP contribution in [0, 0.1) is 11.7 Å². The van der Waals surface area contributed by atoms with Crippen LogP contribution in [-0.4, -0.2) is 40.6 Å². The van der Waals surface area contributed by atoms with Crippen molar-refractivity contribution in [3.8, 4) is 0 Å². The standard InChI is InChI=1S/C20H26FNO3S/c1-2-12-25-20(24)17-13-26-19(14-8-4-3-5-9-14)22(17)18(23)15-10-6-7-11-16(15)21/h6-7,10-11,14,17,19H,2-5,8-9,12-13H2,1H3/t17-,19+/m1/s1. The van der Waals surface area contributed by atoms with Gasteiger partial charge in [-0.2, -0.15) is 0 Å². The summed E-state index contributed by atoms with van der Waals surface area (Å²) in [6.45, 7) is 2.28. The molecule has 142 valence electrons. The molecule has 0 aromatic heterocycles. The van der Waals surface area contributed by atoms with E-state index < -0.39 is 17.8 Å². The van der Waals surface area contributed by atoms with E-state index in [2.05, 4.69) is 0 Å². The molecule has 1 aliphatic carbocycles. The molecule has 4 nitrogen and oxygen atoms in total. The van der Waals surface area contributed by atoms with Gasteiger partial charge in [0.15, 0.2) is 0 Å². The van der Waals surface area contributed by atoms with Gasteiger partial charge in [-0.3, -0.25) is 4.79 Å². The molecule has 1 aromatic rings. The summed E-state index contributed by atoms with van der Waals surface area (Å²) in [6.07, 6.45) is 6.35. The Morgan fingerprint density at radius 3 is 2.65 bits per heavy atom. The van der Waals surface area contributed by atoms with Crippen molar-refractivity contribution in [3.63, 3.8) is 0 Å². The summed E-state index contributed by atoms with van der Waals surface area (Å²) in [6, 6.07) is 5.37. The van der Waals surface area contributed by atoms with Crippen LogP contribution >= 0.6 is 11.8 Å². The van der Waals surface area contributed by atoms with E-state index in [-0.39, 0.29) is 16.9 Å². The largest absolute Gasteiger partial charge is 0.464 e. The molecule has 1 aliphatic heterocycles. The fraction of sp³-hybridized carbons (Fsp3) is 0.600. The maximum Gasteiger partial charge on any atom is 0.329 e. The molecule has 6 heteroatoms. The predicted molar refractivity (Wildman–Crippen MR) is 100 cm³/mol. The second-order valence-corrected chi connectivity index (χ2v) is 8.15. The van der Waals surface area contributed by atoms with Crippen LogP contribution in [0.5, 0.6) is 0 Å². The molecular weight excluding hydrogens is 353 g/mol. The van der Waals surface area contributed by atoms with E-state index in [1.54, 1.807) is 28.8 Å². The number of amides is 1. The first-order valence-electron chi connectivity index (χ1n) is 9.49. The number of rotatable bonds is 5. The first-order chi connectivity index (χ1) is 12.6. The van der Waals surface area contributed by atoms with Crippen LogP contribution in [0.25, 0.3) is 0 Å². The van der Waals surface area contributed by atoms with Crippen molar-refractivity contribution < 1.29 is 18.7 Å². The fourth-order valence-electron chi connectivity index (χ4n) is 3.82. The van der Waals surface area contributed by atoms with E-state index in [0.717, 1.165) is 32.1 Å². The van der Waals surface area contributed by atoms with Crippen LogP contribution in [0.1, 0.15) is 55.8 Å². The lowest BCUT2D eigenvalue weighted by atomic mass is 9.88. The maximum atomic E-state index is 14.2. The van der Waals surface area contributed by atoms with E-state index in [0.29, 0.717) is 18.3 Å². The fourth-order valence-corrected chi connectivity index (χ4v) is 5.45. The number of benzene rings is 1. The summed E-state index contributed by atoms with van der Waals surface area (Å²) in [7, 11) is 0.